The normalized spacial score (nSPS) is 22.1. The van der Waals surface area contributed by atoms with Crippen molar-refractivity contribution >= 4 is 5.84 Å². The number of ether oxygens (including phenoxy) is 1. The maximum atomic E-state index is 7.96. The van der Waals surface area contributed by atoms with Gasteiger partial charge in [0, 0.05) is 12.5 Å². The Morgan fingerprint density at radius 1 is 1.46 bits per heavy atom. The van der Waals surface area contributed by atoms with Crippen molar-refractivity contribution in [2.45, 2.75) is 33.2 Å². The molecule has 0 bridgehead atoms. The lowest BCUT2D eigenvalue weighted by atomic mass is 10.00. The van der Waals surface area contributed by atoms with E-state index in [2.05, 4.69) is 32.6 Å². The molecule has 13 heavy (non-hydrogen) atoms. The summed E-state index contributed by atoms with van der Waals surface area (Å²) in [7, 11) is 0. The minimum atomic E-state index is -0.0143. The third-order valence-electron chi connectivity index (χ3n) is 2.48. The van der Waals surface area contributed by atoms with Gasteiger partial charge in [0.1, 0.15) is 0 Å². The molecule has 0 unspecified atom stereocenters. The minimum Gasteiger partial charge on any atom is -0.377 e. The van der Waals surface area contributed by atoms with Gasteiger partial charge < -0.3 is 9.64 Å². The highest BCUT2D eigenvalue weighted by Gasteiger charge is 2.32. The molecule has 0 saturated carbocycles. The number of amidine groups is 1. The lowest BCUT2D eigenvalue weighted by Crippen LogP contribution is -2.56. The van der Waals surface area contributed by atoms with E-state index in [0.717, 1.165) is 25.6 Å². The predicted molar refractivity (Wildman–Crippen MR) is 54.2 cm³/mol. The summed E-state index contributed by atoms with van der Waals surface area (Å²) in [5.41, 5.74) is -0.0143. The molecule has 1 aliphatic heterocycles. The monoisotopic (exact) mass is 184 g/mol. The summed E-state index contributed by atoms with van der Waals surface area (Å²) in [5, 5.41) is 7.96. The highest BCUT2D eigenvalue weighted by molar-refractivity contribution is 5.81. The molecule has 0 radical (unpaired) electrons. The fraction of sp³-hybridized carbons (Fsp3) is 0.900. The lowest BCUT2D eigenvalue weighted by Gasteiger charge is -2.44. The number of morpholine rings is 1. The quantitative estimate of drug-likeness (QED) is 0.497. The van der Waals surface area contributed by atoms with Gasteiger partial charge in [-0.1, -0.05) is 13.8 Å². The van der Waals surface area contributed by atoms with Crippen LogP contribution in [0.15, 0.2) is 0 Å². The second-order valence-electron chi connectivity index (χ2n) is 4.56. The van der Waals surface area contributed by atoms with E-state index in [1.165, 1.54) is 0 Å². The molecule has 0 aromatic carbocycles. The highest BCUT2D eigenvalue weighted by Crippen LogP contribution is 2.21. The molecule has 0 amide bonds. The zero-order valence-corrected chi connectivity index (χ0v) is 9.05. The van der Waals surface area contributed by atoms with Crippen LogP contribution in [0.4, 0.5) is 0 Å². The summed E-state index contributed by atoms with van der Waals surface area (Å²) < 4.78 is 5.41. The standard InChI is InChI=1S/C10H20N2O/c1-8(2)9(11)12-5-6-13-7-10(12,3)4/h8,11H,5-7H2,1-4H3. The van der Waals surface area contributed by atoms with E-state index in [1.54, 1.807) is 0 Å². The molecule has 0 spiro atoms. The molecule has 0 aromatic rings. The van der Waals surface area contributed by atoms with Gasteiger partial charge in [-0.05, 0) is 13.8 Å². The van der Waals surface area contributed by atoms with Crippen LogP contribution in [0.3, 0.4) is 0 Å². The Bertz CT molecular complexity index is 199. The smallest absolute Gasteiger partial charge is 0.0989 e. The molecule has 1 heterocycles. The Kier molecular flexibility index (Phi) is 2.96. The third kappa shape index (κ3) is 2.21. The summed E-state index contributed by atoms with van der Waals surface area (Å²) >= 11 is 0. The van der Waals surface area contributed by atoms with Crippen molar-refractivity contribution in [3.05, 3.63) is 0 Å². The molecule has 1 saturated heterocycles. The number of hydrogen-bond acceptors (Lipinski definition) is 2. The zero-order chi connectivity index (χ0) is 10.1. The van der Waals surface area contributed by atoms with Gasteiger partial charge in [-0.3, -0.25) is 5.41 Å². The summed E-state index contributed by atoms with van der Waals surface area (Å²) in [4.78, 5) is 2.15. The van der Waals surface area contributed by atoms with Gasteiger partial charge in [-0.15, -0.1) is 0 Å². The Morgan fingerprint density at radius 2 is 2.08 bits per heavy atom. The maximum absolute atomic E-state index is 7.96. The Balaban J connectivity index is 2.71. The Morgan fingerprint density at radius 3 is 2.54 bits per heavy atom. The van der Waals surface area contributed by atoms with Crippen LogP contribution in [0.25, 0.3) is 0 Å². The van der Waals surface area contributed by atoms with Crippen molar-refractivity contribution < 1.29 is 4.74 Å². The van der Waals surface area contributed by atoms with Gasteiger partial charge >= 0.3 is 0 Å². The van der Waals surface area contributed by atoms with Gasteiger partial charge in [0.05, 0.1) is 24.6 Å². The second kappa shape index (κ2) is 3.66. The average molecular weight is 184 g/mol. The molecule has 0 atom stereocenters. The molecular weight excluding hydrogens is 164 g/mol. The summed E-state index contributed by atoms with van der Waals surface area (Å²) in [5.74, 6) is 1.03. The molecule has 3 heteroatoms. The second-order valence-corrected chi connectivity index (χ2v) is 4.56. The lowest BCUT2D eigenvalue weighted by molar-refractivity contribution is -0.0173. The molecule has 0 aromatic heterocycles. The van der Waals surface area contributed by atoms with E-state index in [-0.39, 0.29) is 5.54 Å². The summed E-state index contributed by atoms with van der Waals surface area (Å²) in [6.45, 7) is 10.7. The number of rotatable bonds is 1. The highest BCUT2D eigenvalue weighted by atomic mass is 16.5. The van der Waals surface area contributed by atoms with Crippen LogP contribution in [0, 0.1) is 11.3 Å². The minimum absolute atomic E-state index is 0.0143. The van der Waals surface area contributed by atoms with Crippen LogP contribution in [-0.4, -0.2) is 36.0 Å². The largest absolute Gasteiger partial charge is 0.377 e. The van der Waals surface area contributed by atoms with Gasteiger partial charge in [0.15, 0.2) is 0 Å². The zero-order valence-electron chi connectivity index (χ0n) is 9.05. The van der Waals surface area contributed by atoms with Crippen molar-refractivity contribution in [3.63, 3.8) is 0 Å². The molecule has 0 aliphatic carbocycles. The number of nitrogens with zero attached hydrogens (tertiary/aromatic N) is 1. The fourth-order valence-electron chi connectivity index (χ4n) is 1.62. The SMILES string of the molecule is CC(C)C(=N)N1CCOCC1(C)C. The van der Waals surface area contributed by atoms with E-state index < -0.39 is 0 Å². The van der Waals surface area contributed by atoms with Gasteiger partial charge in [0.25, 0.3) is 0 Å². The Labute approximate surface area is 80.6 Å². The van der Waals surface area contributed by atoms with E-state index in [4.69, 9.17) is 10.1 Å². The first-order valence-electron chi connectivity index (χ1n) is 4.89. The topological polar surface area (TPSA) is 36.3 Å². The third-order valence-corrected chi connectivity index (χ3v) is 2.48. The van der Waals surface area contributed by atoms with E-state index in [0.29, 0.717) is 5.92 Å². The van der Waals surface area contributed by atoms with Crippen LogP contribution in [0.1, 0.15) is 27.7 Å². The Hall–Kier alpha value is -0.570. The summed E-state index contributed by atoms with van der Waals surface area (Å²) in [6.07, 6.45) is 0. The first kappa shape index (κ1) is 10.5. The fourth-order valence-corrected chi connectivity index (χ4v) is 1.62. The van der Waals surface area contributed by atoms with Crippen LogP contribution in [0.2, 0.25) is 0 Å². The molecule has 1 aliphatic rings. The first-order valence-corrected chi connectivity index (χ1v) is 4.89. The van der Waals surface area contributed by atoms with Crippen LogP contribution in [-0.2, 0) is 4.74 Å². The van der Waals surface area contributed by atoms with E-state index in [9.17, 15) is 0 Å². The van der Waals surface area contributed by atoms with Crippen LogP contribution < -0.4 is 0 Å². The summed E-state index contributed by atoms with van der Waals surface area (Å²) in [6, 6.07) is 0. The van der Waals surface area contributed by atoms with Crippen molar-refractivity contribution in [2.75, 3.05) is 19.8 Å². The van der Waals surface area contributed by atoms with Crippen molar-refractivity contribution in [2.24, 2.45) is 5.92 Å². The number of hydrogen-bond donors (Lipinski definition) is 1. The molecule has 1 N–H and O–H groups in total. The molecule has 1 fully saturated rings. The number of nitrogens with one attached hydrogen (secondary N) is 1. The van der Waals surface area contributed by atoms with Crippen molar-refractivity contribution in [3.8, 4) is 0 Å². The van der Waals surface area contributed by atoms with E-state index >= 15 is 0 Å². The van der Waals surface area contributed by atoms with E-state index in [1.807, 2.05) is 0 Å². The molecule has 3 nitrogen and oxygen atoms in total. The average Bonchev–Trinajstić information content (AvgIpc) is 2.02. The maximum Gasteiger partial charge on any atom is 0.0989 e. The molecular formula is C10H20N2O. The van der Waals surface area contributed by atoms with Gasteiger partial charge in [-0.2, -0.15) is 0 Å². The van der Waals surface area contributed by atoms with Crippen molar-refractivity contribution in [1.82, 2.24) is 4.90 Å². The van der Waals surface area contributed by atoms with Gasteiger partial charge in [-0.25, -0.2) is 0 Å². The van der Waals surface area contributed by atoms with Crippen molar-refractivity contribution in [1.29, 1.82) is 5.41 Å². The van der Waals surface area contributed by atoms with Gasteiger partial charge in [0.2, 0.25) is 0 Å². The van der Waals surface area contributed by atoms with Crippen LogP contribution >= 0.6 is 0 Å². The van der Waals surface area contributed by atoms with Crippen LogP contribution in [0.5, 0.6) is 0 Å². The molecule has 1 rings (SSSR count). The molecule has 76 valence electrons. The first-order chi connectivity index (χ1) is 5.95. The predicted octanol–water partition coefficient (Wildman–Crippen LogP) is 1.73.